The molecule has 4 rings (SSSR count). The highest BCUT2D eigenvalue weighted by atomic mass is 32.1. The number of thiophene rings is 1. The van der Waals surface area contributed by atoms with E-state index in [4.69, 9.17) is 9.47 Å². The molecule has 0 radical (unpaired) electrons. The maximum atomic E-state index is 14.2. The van der Waals surface area contributed by atoms with Crippen molar-refractivity contribution in [2.24, 2.45) is 0 Å². The van der Waals surface area contributed by atoms with E-state index in [2.05, 4.69) is 5.32 Å². The van der Waals surface area contributed by atoms with Gasteiger partial charge >= 0.3 is 0 Å². The van der Waals surface area contributed by atoms with Crippen molar-refractivity contribution in [1.29, 1.82) is 0 Å². The monoisotopic (exact) mass is 534 g/mol. The van der Waals surface area contributed by atoms with Gasteiger partial charge < -0.3 is 14.8 Å². The molecule has 2 amide bonds. The van der Waals surface area contributed by atoms with Gasteiger partial charge in [0, 0.05) is 28.1 Å². The molecule has 1 atom stereocenters. The molecule has 1 heterocycles. The van der Waals surface area contributed by atoms with E-state index >= 15 is 0 Å². The van der Waals surface area contributed by atoms with Crippen molar-refractivity contribution in [2.75, 3.05) is 19.1 Å². The molecular weight excluding hydrogens is 500 g/mol. The Hall–Kier alpha value is -3.65. The van der Waals surface area contributed by atoms with Crippen molar-refractivity contribution in [3.63, 3.8) is 0 Å². The van der Waals surface area contributed by atoms with Crippen LogP contribution >= 0.6 is 11.3 Å². The van der Waals surface area contributed by atoms with Gasteiger partial charge in [0.05, 0.1) is 26.3 Å². The van der Waals surface area contributed by atoms with Crippen LogP contribution in [0.2, 0.25) is 0 Å². The topological polar surface area (TPSA) is 84.9 Å². The number of amides is 2. The molecule has 7 nitrogen and oxygen atoms in total. The first-order valence-electron chi connectivity index (χ1n) is 12.9. The number of hydrogen-bond donors (Lipinski definition) is 1. The van der Waals surface area contributed by atoms with E-state index in [0.717, 1.165) is 37.0 Å². The number of para-hydroxylation sites is 1. The minimum atomic E-state index is -1.06. The molecule has 1 aliphatic rings. The van der Waals surface area contributed by atoms with Crippen LogP contribution in [0.4, 0.5) is 5.69 Å². The summed E-state index contributed by atoms with van der Waals surface area (Å²) in [6.07, 6.45) is 5.14. The van der Waals surface area contributed by atoms with Crippen LogP contribution in [-0.4, -0.2) is 37.9 Å². The number of ketones is 1. The number of carbonyl (C=O) groups excluding carboxylic acids is 3. The zero-order valence-electron chi connectivity index (χ0n) is 22.1. The zero-order chi connectivity index (χ0) is 27.1. The Morgan fingerprint density at radius 1 is 1.00 bits per heavy atom. The largest absolute Gasteiger partial charge is 0.497 e. The molecule has 1 fully saturated rings. The molecule has 2 aromatic carbocycles. The van der Waals surface area contributed by atoms with Crippen LogP contribution < -0.4 is 19.7 Å². The van der Waals surface area contributed by atoms with Crippen molar-refractivity contribution < 1.29 is 23.9 Å². The van der Waals surface area contributed by atoms with Crippen LogP contribution in [0.15, 0.2) is 60.0 Å². The van der Waals surface area contributed by atoms with E-state index in [9.17, 15) is 14.4 Å². The SMILES string of the molecule is COc1ccc([C@H](C(=O)NC2CCCCC2)N(C(=O)Cc2cccs2)c2ccccc2C(C)=O)c(OC)c1. The first-order valence-corrected chi connectivity index (χ1v) is 13.8. The molecule has 200 valence electrons. The second-order valence-electron chi connectivity index (χ2n) is 9.45. The Kier molecular flexibility index (Phi) is 9.18. The van der Waals surface area contributed by atoms with Crippen LogP contribution in [0.3, 0.4) is 0 Å². The predicted molar refractivity (Wildman–Crippen MR) is 149 cm³/mol. The van der Waals surface area contributed by atoms with Crippen LogP contribution in [-0.2, 0) is 16.0 Å². The lowest BCUT2D eigenvalue weighted by Gasteiger charge is -2.35. The van der Waals surface area contributed by atoms with Gasteiger partial charge in [-0.1, -0.05) is 37.5 Å². The number of Topliss-reactive ketones (excluding diaryl/α,β-unsaturated/α-hetero) is 1. The summed E-state index contributed by atoms with van der Waals surface area (Å²) in [4.78, 5) is 43.3. The standard InChI is InChI=1S/C30H34N2O5S/c1-20(33)24-13-7-8-14-26(24)32(28(34)19-23-12-9-17-38-23)29(30(35)31-21-10-5-4-6-11-21)25-16-15-22(36-2)18-27(25)37-3/h7-9,12-18,21,29H,4-6,10-11,19H2,1-3H3,(H,31,35)/t29-/m1/s1. The molecule has 0 spiro atoms. The summed E-state index contributed by atoms with van der Waals surface area (Å²) in [5.41, 5.74) is 1.28. The van der Waals surface area contributed by atoms with Gasteiger partial charge in [-0.15, -0.1) is 11.3 Å². The highest BCUT2D eigenvalue weighted by molar-refractivity contribution is 7.10. The third kappa shape index (κ3) is 6.25. The fraction of sp³-hybridized carbons (Fsp3) is 0.367. The summed E-state index contributed by atoms with van der Waals surface area (Å²) >= 11 is 1.48. The number of methoxy groups -OCH3 is 2. The van der Waals surface area contributed by atoms with Crippen molar-refractivity contribution >= 4 is 34.6 Å². The average Bonchev–Trinajstić information content (AvgIpc) is 3.44. The molecule has 8 heteroatoms. The fourth-order valence-corrected chi connectivity index (χ4v) is 5.71. The fourth-order valence-electron chi connectivity index (χ4n) is 5.02. The number of carbonyl (C=O) groups is 3. The van der Waals surface area contributed by atoms with Crippen molar-refractivity contribution in [3.8, 4) is 11.5 Å². The van der Waals surface area contributed by atoms with Crippen molar-refractivity contribution in [3.05, 3.63) is 76.0 Å². The molecule has 0 saturated heterocycles. The maximum absolute atomic E-state index is 14.2. The maximum Gasteiger partial charge on any atom is 0.248 e. The second kappa shape index (κ2) is 12.7. The molecule has 0 unspecified atom stereocenters. The number of ether oxygens (including phenoxy) is 2. The van der Waals surface area contributed by atoms with Crippen molar-refractivity contribution in [2.45, 2.75) is 57.5 Å². The molecule has 1 aromatic heterocycles. The minimum absolute atomic E-state index is 0.0280. The van der Waals surface area contributed by atoms with Crippen LogP contribution in [0.1, 0.15) is 65.9 Å². The Bertz CT molecular complexity index is 1270. The summed E-state index contributed by atoms with van der Waals surface area (Å²) < 4.78 is 11.1. The minimum Gasteiger partial charge on any atom is -0.497 e. The van der Waals surface area contributed by atoms with Crippen LogP contribution in [0.5, 0.6) is 11.5 Å². The summed E-state index contributed by atoms with van der Waals surface area (Å²) in [6, 6.07) is 14.9. The van der Waals surface area contributed by atoms with Gasteiger partial charge in [-0.2, -0.15) is 0 Å². The Balaban J connectivity index is 1.88. The summed E-state index contributed by atoms with van der Waals surface area (Å²) in [7, 11) is 3.08. The van der Waals surface area contributed by atoms with E-state index in [-0.39, 0.29) is 30.1 Å². The normalized spacial score (nSPS) is 14.4. The third-order valence-corrected chi connectivity index (χ3v) is 7.79. The van der Waals surface area contributed by atoms with Gasteiger partial charge in [-0.05, 0) is 55.5 Å². The first kappa shape index (κ1) is 27.4. The van der Waals surface area contributed by atoms with Crippen LogP contribution in [0.25, 0.3) is 0 Å². The van der Waals surface area contributed by atoms with E-state index in [0.29, 0.717) is 28.3 Å². The number of anilines is 1. The smallest absolute Gasteiger partial charge is 0.248 e. The number of rotatable bonds is 10. The molecular formula is C30H34N2O5S. The number of nitrogens with zero attached hydrogens (tertiary/aromatic N) is 1. The second-order valence-corrected chi connectivity index (χ2v) is 10.5. The quantitative estimate of drug-likeness (QED) is 0.336. The van der Waals surface area contributed by atoms with E-state index in [1.165, 1.54) is 30.3 Å². The third-order valence-electron chi connectivity index (χ3n) is 6.91. The Labute approximate surface area is 227 Å². The van der Waals surface area contributed by atoms with Gasteiger partial charge in [0.1, 0.15) is 17.5 Å². The molecule has 3 aromatic rings. The lowest BCUT2D eigenvalue weighted by Crippen LogP contribution is -2.48. The molecule has 38 heavy (non-hydrogen) atoms. The number of benzene rings is 2. The molecule has 0 bridgehead atoms. The Morgan fingerprint density at radius 2 is 1.76 bits per heavy atom. The molecule has 1 aliphatic carbocycles. The van der Waals surface area contributed by atoms with Gasteiger partial charge in [0.25, 0.3) is 0 Å². The highest BCUT2D eigenvalue weighted by Gasteiger charge is 2.37. The lowest BCUT2D eigenvalue weighted by atomic mass is 9.94. The van der Waals surface area contributed by atoms with E-state index in [1.54, 1.807) is 49.6 Å². The number of hydrogen-bond acceptors (Lipinski definition) is 6. The van der Waals surface area contributed by atoms with Gasteiger partial charge in [0.2, 0.25) is 11.8 Å². The summed E-state index contributed by atoms with van der Waals surface area (Å²) in [5, 5.41) is 5.12. The molecule has 1 saturated carbocycles. The van der Waals surface area contributed by atoms with Gasteiger partial charge in [-0.3, -0.25) is 19.3 Å². The van der Waals surface area contributed by atoms with Gasteiger partial charge in [0.15, 0.2) is 5.78 Å². The van der Waals surface area contributed by atoms with Crippen molar-refractivity contribution in [1.82, 2.24) is 5.32 Å². The first-order chi connectivity index (χ1) is 18.4. The van der Waals surface area contributed by atoms with E-state index < -0.39 is 6.04 Å². The lowest BCUT2D eigenvalue weighted by molar-refractivity contribution is -0.127. The van der Waals surface area contributed by atoms with Gasteiger partial charge in [-0.25, -0.2) is 0 Å². The Morgan fingerprint density at radius 3 is 2.42 bits per heavy atom. The molecule has 0 aliphatic heterocycles. The summed E-state index contributed by atoms with van der Waals surface area (Å²) in [6.45, 7) is 1.46. The molecule has 1 N–H and O–H groups in total. The van der Waals surface area contributed by atoms with E-state index in [1.807, 2.05) is 17.5 Å². The number of nitrogens with one attached hydrogen (secondary N) is 1. The predicted octanol–water partition coefficient (Wildman–Crippen LogP) is 5.73. The highest BCUT2D eigenvalue weighted by Crippen LogP contribution is 2.38. The zero-order valence-corrected chi connectivity index (χ0v) is 22.9. The average molecular weight is 535 g/mol. The summed E-state index contributed by atoms with van der Waals surface area (Å²) in [5.74, 6) is 0.198. The van der Waals surface area contributed by atoms with Crippen LogP contribution in [0, 0.1) is 0 Å².